The molecule has 3 aromatic rings. The number of hydrogen-bond donors (Lipinski definition) is 2. The number of allylic oxidation sites excluding steroid dienone is 1. The molecular formula is C21H19FN4O. The van der Waals surface area contributed by atoms with Gasteiger partial charge < -0.3 is 10.1 Å². The second kappa shape index (κ2) is 8.71. The lowest BCUT2D eigenvalue weighted by Crippen LogP contribution is -2.15. The van der Waals surface area contributed by atoms with Gasteiger partial charge in [0.25, 0.3) is 0 Å². The van der Waals surface area contributed by atoms with E-state index >= 15 is 0 Å². The number of benzene rings is 2. The van der Waals surface area contributed by atoms with Crippen LogP contribution in [0.1, 0.15) is 17.0 Å². The summed E-state index contributed by atoms with van der Waals surface area (Å²) in [4.78, 5) is 8.20. The minimum atomic E-state index is -0.286. The molecule has 3 rings (SSSR count). The first-order valence-corrected chi connectivity index (χ1v) is 8.37. The third-order valence-corrected chi connectivity index (χ3v) is 3.92. The molecule has 0 bridgehead atoms. The second-order valence-corrected chi connectivity index (χ2v) is 5.69. The van der Waals surface area contributed by atoms with Gasteiger partial charge in [-0.25, -0.2) is 14.4 Å². The van der Waals surface area contributed by atoms with Crippen LogP contribution in [0.15, 0.2) is 73.1 Å². The van der Waals surface area contributed by atoms with Crippen molar-refractivity contribution in [2.24, 2.45) is 0 Å². The van der Waals surface area contributed by atoms with Gasteiger partial charge in [0.15, 0.2) is 5.82 Å². The summed E-state index contributed by atoms with van der Waals surface area (Å²) in [6, 6.07) is 15.7. The highest BCUT2D eigenvalue weighted by atomic mass is 19.1. The van der Waals surface area contributed by atoms with E-state index in [9.17, 15) is 4.39 Å². The zero-order valence-electron chi connectivity index (χ0n) is 14.8. The molecule has 5 nitrogen and oxygen atoms in total. The van der Waals surface area contributed by atoms with Gasteiger partial charge >= 0.3 is 0 Å². The summed E-state index contributed by atoms with van der Waals surface area (Å²) in [5.74, 6) is 0.662. The molecular weight excluding hydrogens is 343 g/mol. The maximum atomic E-state index is 14.0. The third-order valence-electron chi connectivity index (χ3n) is 3.92. The minimum absolute atomic E-state index is 0.137. The van der Waals surface area contributed by atoms with Gasteiger partial charge in [-0.1, -0.05) is 30.3 Å². The fourth-order valence-electron chi connectivity index (χ4n) is 2.57. The molecule has 27 heavy (non-hydrogen) atoms. The average molecular weight is 362 g/mol. The van der Waals surface area contributed by atoms with Crippen molar-refractivity contribution < 1.29 is 9.13 Å². The highest BCUT2D eigenvalue weighted by Crippen LogP contribution is 2.25. The van der Waals surface area contributed by atoms with Crippen molar-refractivity contribution in [2.75, 3.05) is 7.11 Å². The van der Waals surface area contributed by atoms with E-state index in [1.54, 1.807) is 49.8 Å². The van der Waals surface area contributed by atoms with Crippen LogP contribution in [0.3, 0.4) is 0 Å². The molecule has 1 aromatic heterocycles. The van der Waals surface area contributed by atoms with E-state index in [1.807, 2.05) is 24.3 Å². The van der Waals surface area contributed by atoms with Crippen molar-refractivity contribution in [3.63, 3.8) is 0 Å². The smallest absolute Gasteiger partial charge is 0.177 e. The van der Waals surface area contributed by atoms with Crippen LogP contribution in [0, 0.1) is 11.2 Å². The normalized spacial score (nSPS) is 11.1. The first-order chi connectivity index (χ1) is 13.2. The number of rotatable bonds is 7. The van der Waals surface area contributed by atoms with Crippen LogP contribution < -0.4 is 10.1 Å². The number of methoxy groups -OCH3 is 1. The fraction of sp³-hybridized carbons (Fsp3) is 0.0952. The molecule has 2 N–H and O–H groups in total. The lowest BCUT2D eigenvalue weighted by Gasteiger charge is -2.15. The van der Waals surface area contributed by atoms with Crippen molar-refractivity contribution >= 4 is 11.4 Å². The average Bonchev–Trinajstić information content (AvgIpc) is 2.72. The number of ether oxygens (including phenoxy) is 1. The first-order valence-electron chi connectivity index (χ1n) is 8.37. The molecule has 0 saturated heterocycles. The van der Waals surface area contributed by atoms with Crippen molar-refractivity contribution in [3.8, 4) is 5.75 Å². The molecule has 2 aromatic carbocycles. The topological polar surface area (TPSA) is 70.9 Å². The standard InChI is InChI=1S/C21H19FN4O/c1-27-20-10-5-3-8-16(20)19(13-18(23)21-24-11-6-12-25-21)26-14-15-7-2-4-9-17(15)22/h2-13,23,26H,14H2,1H3/b19-13-,23-18?. The summed E-state index contributed by atoms with van der Waals surface area (Å²) >= 11 is 0. The van der Waals surface area contributed by atoms with Crippen LogP contribution in [0.4, 0.5) is 4.39 Å². The van der Waals surface area contributed by atoms with E-state index in [0.29, 0.717) is 22.8 Å². The maximum absolute atomic E-state index is 14.0. The Kier molecular flexibility index (Phi) is 5.89. The Balaban J connectivity index is 1.95. The van der Waals surface area contributed by atoms with Gasteiger partial charge in [0.2, 0.25) is 0 Å². The Morgan fingerprint density at radius 2 is 1.78 bits per heavy atom. The van der Waals surface area contributed by atoms with Crippen LogP contribution in [-0.4, -0.2) is 22.8 Å². The molecule has 136 valence electrons. The van der Waals surface area contributed by atoms with Crippen molar-refractivity contribution in [1.29, 1.82) is 5.41 Å². The fourth-order valence-corrected chi connectivity index (χ4v) is 2.57. The van der Waals surface area contributed by atoms with Crippen molar-refractivity contribution in [3.05, 3.63) is 95.8 Å². The van der Waals surface area contributed by atoms with Gasteiger partial charge in [0.05, 0.1) is 7.11 Å². The quantitative estimate of drug-likeness (QED) is 0.627. The van der Waals surface area contributed by atoms with Gasteiger partial charge in [-0.3, -0.25) is 5.41 Å². The van der Waals surface area contributed by atoms with Crippen molar-refractivity contribution in [2.45, 2.75) is 6.54 Å². The predicted molar refractivity (Wildman–Crippen MR) is 103 cm³/mol. The highest BCUT2D eigenvalue weighted by molar-refractivity contribution is 6.08. The number of nitrogens with one attached hydrogen (secondary N) is 2. The number of hydrogen-bond acceptors (Lipinski definition) is 5. The Labute approximate surface area is 157 Å². The van der Waals surface area contributed by atoms with Crippen molar-refractivity contribution in [1.82, 2.24) is 15.3 Å². The molecule has 1 heterocycles. The van der Waals surface area contributed by atoms with Gasteiger partial charge in [-0.05, 0) is 30.3 Å². The van der Waals surface area contributed by atoms with E-state index in [4.69, 9.17) is 10.1 Å². The molecule has 0 fully saturated rings. The van der Waals surface area contributed by atoms with Crippen LogP contribution in [0.25, 0.3) is 5.70 Å². The summed E-state index contributed by atoms with van der Waals surface area (Å²) in [5.41, 5.74) is 2.04. The largest absolute Gasteiger partial charge is 0.496 e. The predicted octanol–water partition coefficient (Wildman–Crippen LogP) is 3.82. The molecule has 0 atom stereocenters. The maximum Gasteiger partial charge on any atom is 0.177 e. The molecule has 0 aliphatic heterocycles. The molecule has 6 heteroatoms. The van der Waals surface area contributed by atoms with Gasteiger partial charge in [-0.15, -0.1) is 0 Å². The Morgan fingerprint density at radius 1 is 1.07 bits per heavy atom. The number of aromatic nitrogens is 2. The molecule has 0 unspecified atom stereocenters. The Morgan fingerprint density at radius 3 is 2.52 bits per heavy atom. The number of para-hydroxylation sites is 1. The highest BCUT2D eigenvalue weighted by Gasteiger charge is 2.11. The van der Waals surface area contributed by atoms with E-state index < -0.39 is 0 Å². The van der Waals surface area contributed by atoms with E-state index in [-0.39, 0.29) is 18.1 Å². The zero-order valence-corrected chi connectivity index (χ0v) is 14.8. The van der Waals surface area contributed by atoms with Crippen LogP contribution in [0.2, 0.25) is 0 Å². The molecule has 0 aliphatic rings. The Bertz CT molecular complexity index is 957. The summed E-state index contributed by atoms with van der Waals surface area (Å²) < 4.78 is 19.4. The van der Waals surface area contributed by atoms with E-state index in [2.05, 4.69) is 15.3 Å². The summed E-state index contributed by atoms with van der Waals surface area (Å²) in [7, 11) is 1.58. The van der Waals surface area contributed by atoms with Crippen LogP contribution in [-0.2, 0) is 6.54 Å². The Hall–Kier alpha value is -3.54. The van der Waals surface area contributed by atoms with E-state index in [0.717, 1.165) is 5.56 Å². The second-order valence-electron chi connectivity index (χ2n) is 5.69. The van der Waals surface area contributed by atoms with Crippen LogP contribution in [0.5, 0.6) is 5.75 Å². The molecule has 0 radical (unpaired) electrons. The van der Waals surface area contributed by atoms with Crippen LogP contribution >= 0.6 is 0 Å². The SMILES string of the molecule is COc1ccccc1/C(=C/C(=N)c1ncccn1)NCc1ccccc1F. The lowest BCUT2D eigenvalue weighted by atomic mass is 10.1. The molecule has 0 spiro atoms. The summed E-state index contributed by atoms with van der Waals surface area (Å²) in [6.45, 7) is 0.263. The molecule has 0 aliphatic carbocycles. The first kappa shape index (κ1) is 18.3. The third kappa shape index (κ3) is 4.55. The number of nitrogens with zero attached hydrogens (tertiary/aromatic N) is 2. The van der Waals surface area contributed by atoms with Gasteiger partial charge in [0.1, 0.15) is 17.3 Å². The monoisotopic (exact) mass is 362 g/mol. The summed E-state index contributed by atoms with van der Waals surface area (Å²) in [6.07, 6.45) is 4.79. The molecule has 0 saturated carbocycles. The molecule has 0 amide bonds. The zero-order chi connectivity index (χ0) is 19.1. The van der Waals surface area contributed by atoms with Gasteiger partial charge in [0, 0.05) is 35.8 Å². The van der Waals surface area contributed by atoms with E-state index in [1.165, 1.54) is 6.07 Å². The number of halogens is 1. The van der Waals surface area contributed by atoms with Gasteiger partial charge in [-0.2, -0.15) is 0 Å². The summed E-state index contributed by atoms with van der Waals surface area (Å²) in [5, 5.41) is 11.5. The lowest BCUT2D eigenvalue weighted by molar-refractivity contribution is 0.413. The minimum Gasteiger partial charge on any atom is -0.496 e.